The van der Waals surface area contributed by atoms with Crippen molar-refractivity contribution in [3.63, 3.8) is 0 Å². The molecular formula is C41H49ClFNOS. The third kappa shape index (κ3) is 8.45. The van der Waals surface area contributed by atoms with Crippen molar-refractivity contribution in [3.05, 3.63) is 115 Å². The summed E-state index contributed by atoms with van der Waals surface area (Å²) in [6, 6.07) is 13.6. The summed E-state index contributed by atoms with van der Waals surface area (Å²) in [5, 5.41) is 13.0. The van der Waals surface area contributed by atoms with Gasteiger partial charge in [0.05, 0.1) is 6.04 Å². The summed E-state index contributed by atoms with van der Waals surface area (Å²) in [7, 11) is 0. The summed E-state index contributed by atoms with van der Waals surface area (Å²) in [6.45, 7) is 18.1. The lowest BCUT2D eigenvalue weighted by atomic mass is 9.89. The maximum Gasteiger partial charge on any atom is 0.132 e. The lowest BCUT2D eigenvalue weighted by Crippen LogP contribution is -2.26. The normalized spacial score (nSPS) is 18.8. The minimum atomic E-state index is -0.414. The first-order chi connectivity index (χ1) is 21.9. The Morgan fingerprint density at radius 3 is 2.48 bits per heavy atom. The van der Waals surface area contributed by atoms with E-state index in [1.54, 1.807) is 6.07 Å². The zero-order valence-electron chi connectivity index (χ0n) is 28.1. The lowest BCUT2D eigenvalue weighted by molar-refractivity contribution is 0.443. The van der Waals surface area contributed by atoms with Gasteiger partial charge in [0.25, 0.3) is 0 Å². The van der Waals surface area contributed by atoms with Crippen molar-refractivity contribution in [2.45, 2.75) is 91.5 Å². The van der Waals surface area contributed by atoms with Gasteiger partial charge in [-0.05, 0) is 115 Å². The highest BCUT2D eigenvalue weighted by Crippen LogP contribution is 2.41. The molecule has 0 amide bonds. The second kappa shape index (κ2) is 16.2. The van der Waals surface area contributed by atoms with E-state index < -0.39 is 5.82 Å². The van der Waals surface area contributed by atoms with Crippen LogP contribution < -0.4 is 16.2 Å². The third-order valence-corrected chi connectivity index (χ3v) is 10.9. The molecule has 3 N–H and O–H groups in total. The van der Waals surface area contributed by atoms with Crippen molar-refractivity contribution in [1.82, 2.24) is 0 Å². The molecule has 0 aliphatic heterocycles. The van der Waals surface area contributed by atoms with E-state index in [-0.39, 0.29) is 11.8 Å². The van der Waals surface area contributed by atoms with Crippen LogP contribution in [-0.2, 0) is 0 Å². The largest absolute Gasteiger partial charge is 0.507 e. The van der Waals surface area contributed by atoms with Crippen LogP contribution in [0.25, 0.3) is 28.7 Å². The SMILES string of the molecule is C=C(C)SC(=CC)c1cc(Cl)c(-c2cc(=CCC=C(C)C(N)c3ccc(C4CCCC(CC)CC4)cc3)c(=C)c(C)c2O)cc1F. The highest BCUT2D eigenvalue weighted by Gasteiger charge is 2.20. The zero-order valence-corrected chi connectivity index (χ0v) is 29.6. The topological polar surface area (TPSA) is 46.2 Å². The molecule has 0 heterocycles. The number of hydrogen-bond acceptors (Lipinski definition) is 3. The van der Waals surface area contributed by atoms with Gasteiger partial charge in [0.15, 0.2) is 0 Å². The summed E-state index contributed by atoms with van der Waals surface area (Å²) < 4.78 is 15.4. The highest BCUT2D eigenvalue weighted by atomic mass is 35.5. The Morgan fingerprint density at radius 1 is 1.11 bits per heavy atom. The molecule has 46 heavy (non-hydrogen) atoms. The molecule has 0 aromatic heterocycles. The molecule has 1 aliphatic rings. The van der Waals surface area contributed by atoms with Gasteiger partial charge < -0.3 is 10.8 Å². The second-order valence-electron chi connectivity index (χ2n) is 12.7. The van der Waals surface area contributed by atoms with Crippen molar-refractivity contribution < 1.29 is 9.50 Å². The molecule has 0 spiro atoms. The molecule has 4 rings (SSSR count). The molecule has 1 aliphatic carbocycles. The van der Waals surface area contributed by atoms with Crippen LogP contribution in [0.3, 0.4) is 0 Å². The maximum absolute atomic E-state index is 15.4. The number of allylic oxidation sites excluding steroid dienone is 3. The predicted molar refractivity (Wildman–Crippen MR) is 200 cm³/mol. The molecule has 0 bridgehead atoms. The highest BCUT2D eigenvalue weighted by molar-refractivity contribution is 8.11. The van der Waals surface area contributed by atoms with E-state index in [0.717, 1.165) is 37.3 Å². The number of phenolic OH excluding ortho intramolecular Hbond substituents is 1. The molecule has 3 unspecified atom stereocenters. The lowest BCUT2D eigenvalue weighted by Gasteiger charge is -2.18. The summed E-state index contributed by atoms with van der Waals surface area (Å²) in [6.07, 6.45) is 14.6. The summed E-state index contributed by atoms with van der Waals surface area (Å²) in [4.78, 5) is 1.59. The molecule has 5 heteroatoms. The van der Waals surface area contributed by atoms with Crippen LogP contribution in [0.2, 0.25) is 5.02 Å². The molecule has 2 nitrogen and oxygen atoms in total. The molecular weight excluding hydrogens is 609 g/mol. The van der Waals surface area contributed by atoms with Crippen LogP contribution in [0, 0.1) is 18.7 Å². The van der Waals surface area contributed by atoms with E-state index in [1.807, 2.05) is 32.9 Å². The number of hydrogen-bond donors (Lipinski definition) is 2. The van der Waals surface area contributed by atoms with Crippen molar-refractivity contribution in [1.29, 1.82) is 0 Å². The van der Waals surface area contributed by atoms with E-state index in [0.29, 0.717) is 39.6 Å². The number of thioether (sulfide) groups is 1. The van der Waals surface area contributed by atoms with Gasteiger partial charge in [0.1, 0.15) is 11.6 Å². The summed E-state index contributed by atoms with van der Waals surface area (Å²) in [5.41, 5.74) is 12.3. The minimum absolute atomic E-state index is 0.0463. The third-order valence-electron chi connectivity index (χ3n) is 9.57. The van der Waals surface area contributed by atoms with Gasteiger partial charge >= 0.3 is 0 Å². The Balaban J connectivity index is 1.55. The maximum atomic E-state index is 15.4. The molecule has 3 aromatic carbocycles. The van der Waals surface area contributed by atoms with E-state index in [9.17, 15) is 5.11 Å². The Hall–Kier alpha value is -3.05. The minimum Gasteiger partial charge on any atom is -0.507 e. The van der Waals surface area contributed by atoms with Crippen molar-refractivity contribution >= 4 is 40.9 Å². The first kappa shape index (κ1) is 35.8. The standard InChI is InChI=1S/C41H49ClFNOS/c1-8-29-13-11-14-30(17-16-29)31-18-20-32(21-19-31)40(44)26(5)12-10-15-33-22-35(41(45)28(7)27(33)6)34-24-38(43)36(23-37(34)42)39(9-2)46-25(3)4/h9,12,15,18-24,29-30,40,45H,3,6,8,10-11,13-14,16-17,44H2,1-2,4-5,7H3. The first-order valence-electron chi connectivity index (χ1n) is 16.5. The molecule has 3 atom stereocenters. The molecule has 1 saturated carbocycles. The van der Waals surface area contributed by atoms with Gasteiger partial charge in [-0.25, -0.2) is 4.39 Å². The fourth-order valence-electron chi connectivity index (χ4n) is 6.52. The van der Waals surface area contributed by atoms with Crippen LogP contribution in [0.4, 0.5) is 4.39 Å². The van der Waals surface area contributed by atoms with Gasteiger partial charge in [-0.15, -0.1) is 0 Å². The van der Waals surface area contributed by atoms with Crippen LogP contribution in [-0.4, -0.2) is 5.11 Å². The molecule has 244 valence electrons. The number of halogens is 2. The Bertz CT molecular complexity index is 1740. The fourth-order valence-corrected chi connectivity index (χ4v) is 7.54. The zero-order chi connectivity index (χ0) is 33.5. The molecule has 3 aromatic rings. The monoisotopic (exact) mass is 657 g/mol. The average Bonchev–Trinajstić information content (AvgIpc) is 3.30. The van der Waals surface area contributed by atoms with Crippen molar-refractivity contribution in [3.8, 4) is 16.9 Å². The Morgan fingerprint density at radius 2 is 1.83 bits per heavy atom. The number of nitrogens with two attached hydrogens (primary N) is 1. The van der Waals surface area contributed by atoms with Crippen LogP contribution in [0.15, 0.2) is 71.7 Å². The van der Waals surface area contributed by atoms with E-state index in [4.69, 9.17) is 17.3 Å². The van der Waals surface area contributed by atoms with Gasteiger partial charge in [0.2, 0.25) is 0 Å². The number of rotatable bonds is 10. The summed E-state index contributed by atoms with van der Waals surface area (Å²) >= 11 is 8.11. The second-order valence-corrected chi connectivity index (χ2v) is 14.5. The van der Waals surface area contributed by atoms with Gasteiger partial charge in [-0.1, -0.05) is 111 Å². The Labute approximate surface area is 284 Å². The van der Waals surface area contributed by atoms with E-state index in [2.05, 4.69) is 63.4 Å². The Kier molecular flexibility index (Phi) is 12.6. The molecule has 0 radical (unpaired) electrons. The van der Waals surface area contributed by atoms with Crippen molar-refractivity contribution in [2.75, 3.05) is 0 Å². The smallest absolute Gasteiger partial charge is 0.132 e. The average molecular weight is 658 g/mol. The van der Waals surface area contributed by atoms with Crippen LogP contribution in [0.5, 0.6) is 5.75 Å². The molecule has 1 fully saturated rings. The fraction of sp³-hybridized carbons (Fsp3) is 0.366. The number of phenols is 1. The number of benzene rings is 3. The predicted octanol–water partition coefficient (Wildman–Crippen LogP) is 11.1. The van der Waals surface area contributed by atoms with Crippen molar-refractivity contribution in [2.24, 2.45) is 11.7 Å². The van der Waals surface area contributed by atoms with Crippen LogP contribution in [0.1, 0.15) is 107 Å². The van der Waals surface area contributed by atoms with Gasteiger partial charge in [-0.3, -0.25) is 0 Å². The first-order valence-corrected chi connectivity index (χ1v) is 17.7. The number of aromatic hydroxyl groups is 1. The van der Waals surface area contributed by atoms with Crippen LogP contribution >= 0.6 is 23.4 Å². The quantitative estimate of drug-likeness (QED) is 0.168. The van der Waals surface area contributed by atoms with Gasteiger partial charge in [-0.2, -0.15) is 0 Å². The van der Waals surface area contributed by atoms with E-state index in [1.165, 1.54) is 61.9 Å². The van der Waals surface area contributed by atoms with E-state index >= 15 is 4.39 Å². The molecule has 0 saturated heterocycles. The summed E-state index contributed by atoms with van der Waals surface area (Å²) in [5.74, 6) is 1.17. The van der Waals surface area contributed by atoms with Gasteiger partial charge in [0, 0.05) is 26.6 Å².